The molecule has 1 aliphatic heterocycles. The number of allylic oxidation sites excluding steroid dienone is 2. The second-order valence-corrected chi connectivity index (χ2v) is 12.4. The molecular formula is C36H45F5O8. The van der Waals surface area contributed by atoms with Gasteiger partial charge in [-0.3, -0.25) is 9.59 Å². The Morgan fingerprint density at radius 2 is 1.53 bits per heavy atom. The van der Waals surface area contributed by atoms with Crippen LogP contribution in [0.25, 0.3) is 0 Å². The van der Waals surface area contributed by atoms with Crippen molar-refractivity contribution in [2.24, 2.45) is 5.41 Å². The van der Waals surface area contributed by atoms with E-state index in [2.05, 4.69) is 0 Å². The molecule has 1 heterocycles. The average Bonchev–Trinajstić information content (AvgIpc) is 3.06. The van der Waals surface area contributed by atoms with Crippen LogP contribution in [0.1, 0.15) is 82.3 Å². The molecule has 0 amide bonds. The molecule has 3 unspecified atom stereocenters. The molecule has 0 fully saturated rings. The van der Waals surface area contributed by atoms with E-state index in [0.717, 1.165) is 12.8 Å². The molecule has 0 aliphatic carbocycles. The van der Waals surface area contributed by atoms with Gasteiger partial charge in [-0.05, 0) is 49.9 Å². The number of carboxylic acids is 1. The van der Waals surface area contributed by atoms with Gasteiger partial charge in [0.1, 0.15) is 22.7 Å². The minimum absolute atomic E-state index is 0.0306. The van der Waals surface area contributed by atoms with Gasteiger partial charge in [0.05, 0.1) is 6.61 Å². The molecule has 1 aliphatic rings. The van der Waals surface area contributed by atoms with Crippen LogP contribution in [-0.4, -0.2) is 63.4 Å². The molecule has 2 aromatic carbocycles. The predicted molar refractivity (Wildman–Crippen MR) is 171 cm³/mol. The van der Waals surface area contributed by atoms with Crippen LogP contribution in [0, 0.1) is 5.41 Å². The molecule has 8 nitrogen and oxygen atoms in total. The van der Waals surface area contributed by atoms with Gasteiger partial charge in [-0.25, -0.2) is 0 Å². The summed E-state index contributed by atoms with van der Waals surface area (Å²) in [5.41, 5.74) is -2.87. The van der Waals surface area contributed by atoms with Crippen molar-refractivity contribution in [2.45, 2.75) is 88.6 Å². The Hall–Kier alpha value is -3.71. The first-order valence-corrected chi connectivity index (χ1v) is 16.1. The molecule has 1 N–H and O–H groups in total. The van der Waals surface area contributed by atoms with Crippen molar-refractivity contribution in [2.75, 3.05) is 34.4 Å². The lowest BCUT2D eigenvalue weighted by molar-refractivity contribution is -0.284. The third-order valence-electron chi connectivity index (χ3n) is 9.04. The zero-order chi connectivity index (χ0) is 36.3. The molecule has 0 radical (unpaired) electrons. The molecule has 2 aromatic rings. The van der Waals surface area contributed by atoms with Crippen molar-refractivity contribution >= 4 is 11.8 Å². The summed E-state index contributed by atoms with van der Waals surface area (Å²) in [6.07, 6.45) is -2.45. The fourth-order valence-corrected chi connectivity index (χ4v) is 6.48. The SMILES string of the molecule is C/C=C/CCCCCCC(C(=O)O)(C(=O)CCC(F)(F)C(F)(F)F)C1c2ccc(OCOC)cc2OCC1(C)c1ccc(OCOC)cc1. The fraction of sp³-hybridized carbons (Fsp3) is 0.556. The van der Waals surface area contributed by atoms with E-state index in [0.29, 0.717) is 29.9 Å². The summed E-state index contributed by atoms with van der Waals surface area (Å²) < 4.78 is 95.2. The van der Waals surface area contributed by atoms with Crippen LogP contribution >= 0.6 is 0 Å². The van der Waals surface area contributed by atoms with Crippen LogP contribution in [0.5, 0.6) is 17.2 Å². The van der Waals surface area contributed by atoms with Crippen molar-refractivity contribution in [3.63, 3.8) is 0 Å². The number of unbranched alkanes of at least 4 members (excludes halogenated alkanes) is 4. The van der Waals surface area contributed by atoms with Crippen molar-refractivity contribution in [3.8, 4) is 17.2 Å². The predicted octanol–water partition coefficient (Wildman–Crippen LogP) is 8.62. The number of carboxylic acid groups (broad SMARTS) is 1. The van der Waals surface area contributed by atoms with E-state index in [9.17, 15) is 36.6 Å². The first-order chi connectivity index (χ1) is 23.2. The minimum atomic E-state index is -5.91. The highest BCUT2D eigenvalue weighted by Crippen LogP contribution is 2.58. The number of fused-ring (bicyclic) bond motifs is 1. The number of aliphatic carboxylic acids is 1. The second kappa shape index (κ2) is 17.3. The first-order valence-electron chi connectivity index (χ1n) is 16.1. The number of alkyl halides is 5. The summed E-state index contributed by atoms with van der Waals surface area (Å²) in [7, 11) is 2.88. The normalized spacial score (nSPS) is 19.2. The number of methoxy groups -OCH3 is 2. The lowest BCUT2D eigenvalue weighted by Crippen LogP contribution is -2.55. The van der Waals surface area contributed by atoms with Gasteiger partial charge >= 0.3 is 18.1 Å². The highest BCUT2D eigenvalue weighted by Gasteiger charge is 2.62. The molecule has 3 rings (SSSR count). The maximum atomic E-state index is 14.3. The lowest BCUT2D eigenvalue weighted by atomic mass is 9.53. The third-order valence-corrected chi connectivity index (χ3v) is 9.04. The standard InChI is InChI=1S/C36H45F5O8/c1-5-6-7-8-9-10-11-19-34(32(43)44,30(42)18-20-35(37,38)36(39,40)41)31-28-17-16-27(49-24-46-4)21-29(28)47-22-33(31,2)25-12-14-26(15-13-25)48-23-45-3/h5-6,12-17,21,31H,7-11,18-20,22-24H2,1-4H3,(H,43,44)/b6-5+. The molecular weight excluding hydrogens is 655 g/mol. The van der Waals surface area contributed by atoms with Gasteiger partial charge in [-0.15, -0.1) is 0 Å². The summed E-state index contributed by atoms with van der Waals surface area (Å²) in [5.74, 6) is -8.30. The van der Waals surface area contributed by atoms with Crippen molar-refractivity contribution in [1.82, 2.24) is 0 Å². The number of carbonyl (C=O) groups excluding carboxylic acids is 1. The molecule has 3 atom stereocenters. The van der Waals surface area contributed by atoms with E-state index in [1.807, 2.05) is 19.1 Å². The van der Waals surface area contributed by atoms with Crippen LogP contribution in [0.3, 0.4) is 0 Å². The number of hydrogen-bond donors (Lipinski definition) is 1. The van der Waals surface area contributed by atoms with E-state index >= 15 is 0 Å². The lowest BCUT2D eigenvalue weighted by Gasteiger charge is -2.50. The van der Waals surface area contributed by atoms with Crippen LogP contribution in [0.2, 0.25) is 0 Å². The quantitative estimate of drug-likeness (QED) is 0.0482. The fourth-order valence-electron chi connectivity index (χ4n) is 6.48. The topological polar surface area (TPSA) is 101 Å². The Balaban J connectivity index is 2.21. The first kappa shape index (κ1) is 39.7. The number of ether oxygens (including phenoxy) is 5. The van der Waals surface area contributed by atoms with Crippen molar-refractivity contribution in [1.29, 1.82) is 0 Å². The largest absolute Gasteiger partial charge is 0.492 e. The van der Waals surface area contributed by atoms with Crippen LogP contribution in [0.15, 0.2) is 54.6 Å². The van der Waals surface area contributed by atoms with Gasteiger partial charge in [0.15, 0.2) is 19.4 Å². The van der Waals surface area contributed by atoms with E-state index in [4.69, 9.17) is 23.7 Å². The zero-order valence-corrected chi connectivity index (χ0v) is 28.2. The highest BCUT2D eigenvalue weighted by molar-refractivity contribution is 6.04. The smallest absolute Gasteiger partial charge is 0.453 e. The Morgan fingerprint density at radius 1 is 0.918 bits per heavy atom. The Kier molecular flexibility index (Phi) is 14.0. The van der Waals surface area contributed by atoms with E-state index in [1.165, 1.54) is 26.4 Å². The van der Waals surface area contributed by atoms with E-state index in [-0.39, 0.29) is 44.3 Å². The van der Waals surface area contributed by atoms with Gasteiger partial charge in [0.2, 0.25) is 0 Å². The Bertz CT molecular complexity index is 1410. The molecule has 272 valence electrons. The zero-order valence-electron chi connectivity index (χ0n) is 28.2. The summed E-state index contributed by atoms with van der Waals surface area (Å²) >= 11 is 0. The van der Waals surface area contributed by atoms with Crippen LogP contribution < -0.4 is 14.2 Å². The number of ketones is 1. The number of Topliss-reactive ketones (excluding diaryl/α,β-unsaturated/α-hetero) is 1. The second-order valence-electron chi connectivity index (χ2n) is 12.4. The van der Waals surface area contributed by atoms with Gasteiger partial charge in [-0.2, -0.15) is 22.0 Å². The molecule has 13 heteroatoms. The van der Waals surface area contributed by atoms with Gasteiger partial charge < -0.3 is 28.8 Å². The number of hydrogen-bond acceptors (Lipinski definition) is 7. The molecule has 0 saturated carbocycles. The van der Waals surface area contributed by atoms with Crippen LogP contribution in [0.4, 0.5) is 22.0 Å². The monoisotopic (exact) mass is 700 g/mol. The van der Waals surface area contributed by atoms with E-state index < -0.39 is 53.4 Å². The molecule has 0 bridgehead atoms. The summed E-state index contributed by atoms with van der Waals surface area (Å²) in [4.78, 5) is 27.9. The van der Waals surface area contributed by atoms with Gasteiger partial charge in [0.25, 0.3) is 0 Å². The molecule has 49 heavy (non-hydrogen) atoms. The number of benzene rings is 2. The van der Waals surface area contributed by atoms with Crippen molar-refractivity contribution < 1.29 is 60.3 Å². The third kappa shape index (κ3) is 9.30. The number of halogens is 5. The van der Waals surface area contributed by atoms with Crippen LogP contribution in [-0.2, 0) is 24.5 Å². The average molecular weight is 701 g/mol. The Labute approximate surface area is 283 Å². The van der Waals surface area contributed by atoms with Crippen molar-refractivity contribution in [3.05, 3.63) is 65.7 Å². The molecule has 0 spiro atoms. The summed E-state index contributed by atoms with van der Waals surface area (Å²) in [6, 6.07) is 11.2. The maximum Gasteiger partial charge on any atom is 0.453 e. The van der Waals surface area contributed by atoms with Gasteiger partial charge in [0, 0.05) is 50.0 Å². The number of carbonyl (C=O) groups is 2. The minimum Gasteiger partial charge on any atom is -0.492 e. The van der Waals surface area contributed by atoms with Gasteiger partial charge in [-0.1, -0.05) is 56.5 Å². The Morgan fingerprint density at radius 3 is 2.12 bits per heavy atom. The summed E-state index contributed by atoms with van der Waals surface area (Å²) in [6.45, 7) is 3.31. The maximum absolute atomic E-state index is 14.3. The molecule has 0 saturated heterocycles. The van der Waals surface area contributed by atoms with E-state index in [1.54, 1.807) is 37.3 Å². The highest BCUT2D eigenvalue weighted by atomic mass is 19.4. The molecule has 0 aromatic heterocycles. The number of rotatable bonds is 20. The summed E-state index contributed by atoms with van der Waals surface area (Å²) in [5, 5.41) is 11.1.